The molecule has 4 aromatic rings. The van der Waals surface area contributed by atoms with Gasteiger partial charge in [0, 0.05) is 24.1 Å². The molecule has 4 rings (SSSR count). The maximum absolute atomic E-state index is 13.3. The summed E-state index contributed by atoms with van der Waals surface area (Å²) in [4.78, 5) is 30.5. The van der Waals surface area contributed by atoms with E-state index in [1.165, 1.54) is 6.20 Å². The van der Waals surface area contributed by atoms with Crippen LogP contribution in [0.4, 0.5) is 0 Å². The third-order valence-electron chi connectivity index (χ3n) is 5.87. The number of oxazole rings is 1. The molecule has 0 fully saturated rings. The molecule has 3 aromatic carbocycles. The van der Waals surface area contributed by atoms with E-state index in [0.29, 0.717) is 23.8 Å². The normalized spacial score (nSPS) is 11.4. The minimum absolute atomic E-state index is 0.0240. The first kappa shape index (κ1) is 25.5. The Labute approximate surface area is 215 Å². The topological polar surface area (TPSA) is 103 Å². The highest BCUT2D eigenvalue weighted by atomic mass is 16.5. The number of methoxy groups -OCH3 is 2. The molecule has 0 aliphatic carbocycles. The van der Waals surface area contributed by atoms with E-state index in [9.17, 15) is 9.59 Å². The lowest BCUT2D eigenvalue weighted by Gasteiger charge is -2.19. The Morgan fingerprint density at radius 1 is 0.946 bits per heavy atom. The molecule has 1 atom stereocenters. The summed E-state index contributed by atoms with van der Waals surface area (Å²) >= 11 is 0. The van der Waals surface area contributed by atoms with Crippen LogP contribution in [0, 0.1) is 6.92 Å². The lowest BCUT2D eigenvalue weighted by Crippen LogP contribution is -2.47. The molecule has 8 heteroatoms. The van der Waals surface area contributed by atoms with Crippen molar-refractivity contribution >= 4 is 11.8 Å². The number of carbonyl (C=O) groups excluding carboxylic acids is 2. The highest BCUT2D eigenvalue weighted by molar-refractivity contribution is 5.95. The van der Waals surface area contributed by atoms with Gasteiger partial charge in [0.25, 0.3) is 5.91 Å². The number of hydrogen-bond donors (Lipinski definition) is 2. The minimum Gasteiger partial charge on any atom is -0.493 e. The fourth-order valence-electron chi connectivity index (χ4n) is 3.90. The molecule has 1 aromatic heterocycles. The molecule has 190 valence electrons. The largest absolute Gasteiger partial charge is 0.493 e. The maximum atomic E-state index is 13.3. The summed E-state index contributed by atoms with van der Waals surface area (Å²) < 4.78 is 16.5. The molecule has 8 nitrogen and oxygen atoms in total. The minimum atomic E-state index is -0.848. The molecule has 2 amide bonds. The molecule has 2 N–H and O–H groups in total. The van der Waals surface area contributed by atoms with Crippen LogP contribution in [0.1, 0.15) is 27.2 Å². The van der Waals surface area contributed by atoms with Crippen molar-refractivity contribution in [1.82, 2.24) is 15.6 Å². The van der Waals surface area contributed by atoms with Gasteiger partial charge >= 0.3 is 0 Å². The van der Waals surface area contributed by atoms with Gasteiger partial charge in [-0.2, -0.15) is 0 Å². The van der Waals surface area contributed by atoms with Gasteiger partial charge in [-0.3, -0.25) is 9.59 Å². The molecule has 0 saturated heterocycles. The van der Waals surface area contributed by atoms with Crippen LogP contribution in [-0.2, 0) is 17.8 Å². The molecule has 1 unspecified atom stereocenters. The Kier molecular flexibility index (Phi) is 8.20. The van der Waals surface area contributed by atoms with E-state index in [-0.39, 0.29) is 18.2 Å². The predicted molar refractivity (Wildman–Crippen MR) is 139 cm³/mol. The van der Waals surface area contributed by atoms with Gasteiger partial charge < -0.3 is 24.5 Å². The smallest absolute Gasteiger partial charge is 0.289 e. The first-order chi connectivity index (χ1) is 18.0. The number of hydrogen-bond acceptors (Lipinski definition) is 6. The highest BCUT2D eigenvalue weighted by Gasteiger charge is 2.24. The lowest BCUT2D eigenvalue weighted by molar-refractivity contribution is -0.123. The number of benzene rings is 3. The van der Waals surface area contributed by atoms with Gasteiger partial charge in [0.2, 0.25) is 17.6 Å². The second kappa shape index (κ2) is 11.9. The molecule has 0 saturated carbocycles. The molecule has 37 heavy (non-hydrogen) atoms. The highest BCUT2D eigenvalue weighted by Crippen LogP contribution is 2.30. The van der Waals surface area contributed by atoms with E-state index in [2.05, 4.69) is 15.6 Å². The third kappa shape index (κ3) is 6.35. The van der Waals surface area contributed by atoms with Crippen LogP contribution in [-0.4, -0.2) is 37.1 Å². The van der Waals surface area contributed by atoms with E-state index >= 15 is 0 Å². The summed E-state index contributed by atoms with van der Waals surface area (Å²) in [5, 5.41) is 5.71. The number of para-hydroxylation sites is 1. The molecule has 0 aliphatic rings. The van der Waals surface area contributed by atoms with Crippen LogP contribution < -0.4 is 20.1 Å². The van der Waals surface area contributed by atoms with Crippen LogP contribution in [0.15, 0.2) is 83.4 Å². The molecule has 0 bridgehead atoms. The Balaban J connectivity index is 1.50. The summed E-state index contributed by atoms with van der Waals surface area (Å²) in [6.07, 6.45) is 1.66. The Morgan fingerprint density at radius 3 is 2.41 bits per heavy atom. The van der Waals surface area contributed by atoms with E-state index in [1.807, 2.05) is 73.7 Å². The molecule has 0 aliphatic heterocycles. The number of nitrogens with one attached hydrogen (secondary N) is 2. The Morgan fingerprint density at radius 2 is 1.70 bits per heavy atom. The molecular weight excluding hydrogens is 470 g/mol. The number of amides is 2. The number of ether oxygens (including phenoxy) is 2. The Bertz CT molecular complexity index is 1350. The second-order valence-corrected chi connectivity index (χ2v) is 8.48. The molecule has 0 spiro atoms. The zero-order chi connectivity index (χ0) is 26.2. The number of nitrogens with zero attached hydrogens (tertiary/aromatic N) is 1. The van der Waals surface area contributed by atoms with Crippen molar-refractivity contribution in [2.45, 2.75) is 25.9 Å². The van der Waals surface area contributed by atoms with Crippen LogP contribution >= 0.6 is 0 Å². The van der Waals surface area contributed by atoms with Gasteiger partial charge in [0.05, 0.1) is 20.4 Å². The van der Waals surface area contributed by atoms with Crippen LogP contribution in [0.5, 0.6) is 11.5 Å². The van der Waals surface area contributed by atoms with Gasteiger partial charge in [0.1, 0.15) is 6.04 Å². The number of aryl methyl sites for hydroxylation is 1. The van der Waals surface area contributed by atoms with Gasteiger partial charge in [0.15, 0.2) is 11.5 Å². The standard InChI is InChI=1S/C29H29N3O5/c1-19-12-14-21(15-13-19)29-31-18-25(37-29)28(34)32-23(16-20-8-5-4-6-9-20)27(33)30-17-22-10-7-11-24(35-2)26(22)36-3/h4-15,18,23H,16-17H2,1-3H3,(H,30,33)(H,32,34). The zero-order valence-electron chi connectivity index (χ0n) is 21.0. The molecular formula is C29H29N3O5. The van der Waals surface area contributed by atoms with Crippen molar-refractivity contribution in [2.75, 3.05) is 14.2 Å². The average Bonchev–Trinajstić information content (AvgIpc) is 3.42. The van der Waals surface area contributed by atoms with E-state index in [0.717, 1.165) is 22.3 Å². The fourth-order valence-corrected chi connectivity index (χ4v) is 3.90. The first-order valence-electron chi connectivity index (χ1n) is 11.8. The maximum Gasteiger partial charge on any atom is 0.289 e. The average molecular weight is 500 g/mol. The zero-order valence-corrected chi connectivity index (χ0v) is 21.0. The van der Waals surface area contributed by atoms with Gasteiger partial charge in [-0.15, -0.1) is 0 Å². The van der Waals surface area contributed by atoms with Crippen LogP contribution in [0.25, 0.3) is 11.5 Å². The van der Waals surface area contributed by atoms with Gasteiger partial charge in [-0.25, -0.2) is 4.98 Å². The van der Waals surface area contributed by atoms with Crippen molar-refractivity contribution in [3.63, 3.8) is 0 Å². The van der Waals surface area contributed by atoms with Crippen molar-refractivity contribution < 1.29 is 23.5 Å². The fraction of sp³-hybridized carbons (Fsp3) is 0.207. The summed E-state index contributed by atoms with van der Waals surface area (Å²) in [5.74, 6) is 0.591. The summed E-state index contributed by atoms with van der Waals surface area (Å²) in [6.45, 7) is 2.18. The Hall–Kier alpha value is -4.59. The van der Waals surface area contributed by atoms with E-state index in [1.54, 1.807) is 20.3 Å². The van der Waals surface area contributed by atoms with E-state index < -0.39 is 11.9 Å². The predicted octanol–water partition coefficient (Wildman–Crippen LogP) is 4.32. The first-order valence-corrected chi connectivity index (χ1v) is 11.8. The van der Waals surface area contributed by atoms with Crippen molar-refractivity contribution in [1.29, 1.82) is 0 Å². The lowest BCUT2D eigenvalue weighted by atomic mass is 10.0. The van der Waals surface area contributed by atoms with Crippen LogP contribution in [0.3, 0.4) is 0 Å². The van der Waals surface area contributed by atoms with Crippen LogP contribution in [0.2, 0.25) is 0 Å². The molecule has 0 radical (unpaired) electrons. The summed E-state index contributed by atoms with van der Waals surface area (Å²) in [5.41, 5.74) is 3.52. The number of aromatic nitrogens is 1. The number of rotatable bonds is 10. The van der Waals surface area contributed by atoms with E-state index in [4.69, 9.17) is 13.9 Å². The third-order valence-corrected chi connectivity index (χ3v) is 5.87. The SMILES string of the molecule is COc1cccc(CNC(=O)C(Cc2ccccc2)NC(=O)c2cnc(-c3ccc(C)cc3)o2)c1OC. The van der Waals surface area contributed by atoms with Crippen molar-refractivity contribution in [3.05, 3.63) is 101 Å². The van der Waals surface area contributed by atoms with Crippen molar-refractivity contribution in [3.8, 4) is 23.0 Å². The summed E-state index contributed by atoms with van der Waals surface area (Å²) in [7, 11) is 3.10. The molecule has 1 heterocycles. The van der Waals surface area contributed by atoms with Gasteiger partial charge in [-0.1, -0.05) is 60.2 Å². The van der Waals surface area contributed by atoms with Crippen molar-refractivity contribution in [2.24, 2.45) is 0 Å². The quantitative estimate of drug-likeness (QED) is 0.337. The second-order valence-electron chi connectivity index (χ2n) is 8.48. The summed E-state index contributed by atoms with van der Waals surface area (Å²) in [6, 6.07) is 21.7. The number of carbonyl (C=O) groups is 2. The van der Waals surface area contributed by atoms with Gasteiger partial charge in [-0.05, 0) is 30.7 Å². The monoisotopic (exact) mass is 499 g/mol.